The number of halogens is 4. The highest BCUT2D eigenvalue weighted by Crippen LogP contribution is 2.47. The number of benzene rings is 2. The van der Waals surface area contributed by atoms with Crippen molar-refractivity contribution in [3.05, 3.63) is 58.6 Å². The Morgan fingerprint density at radius 1 is 1.19 bits per heavy atom. The molecule has 2 heterocycles. The number of fused-ring (bicyclic) bond motifs is 2. The Morgan fingerprint density at radius 2 is 1.88 bits per heavy atom. The van der Waals surface area contributed by atoms with Crippen LogP contribution in [0.5, 0.6) is 5.75 Å². The van der Waals surface area contributed by atoms with Crippen molar-refractivity contribution in [1.82, 2.24) is 4.90 Å². The summed E-state index contributed by atoms with van der Waals surface area (Å²) in [5, 5.41) is 12.9. The van der Waals surface area contributed by atoms with E-state index in [1.807, 2.05) is 4.90 Å². The van der Waals surface area contributed by atoms with Gasteiger partial charge in [-0.3, -0.25) is 9.69 Å². The van der Waals surface area contributed by atoms with Gasteiger partial charge in [-0.15, -0.1) is 0 Å². The van der Waals surface area contributed by atoms with Crippen molar-refractivity contribution < 1.29 is 27.8 Å². The van der Waals surface area contributed by atoms with E-state index in [0.29, 0.717) is 49.0 Å². The number of ether oxygens (including phenoxy) is 1. The fraction of sp³-hybridized carbons (Fsp3) is 0.435. The summed E-state index contributed by atoms with van der Waals surface area (Å²) < 4.78 is 44.7. The smallest absolute Gasteiger partial charge is 0.416 e. The molecule has 4 rings (SSSR count). The molecule has 2 aromatic carbocycles. The molecule has 32 heavy (non-hydrogen) atoms. The summed E-state index contributed by atoms with van der Waals surface area (Å²) in [5.74, 6) is 0.0795. The van der Waals surface area contributed by atoms with Crippen molar-refractivity contribution in [1.29, 1.82) is 0 Å². The quantitative estimate of drug-likeness (QED) is 0.679. The van der Waals surface area contributed by atoms with Gasteiger partial charge in [0.15, 0.2) is 0 Å². The first kappa shape index (κ1) is 22.9. The highest BCUT2D eigenvalue weighted by atomic mass is 35.5. The normalized spacial score (nSPS) is 18.8. The van der Waals surface area contributed by atoms with Crippen molar-refractivity contribution in [2.75, 3.05) is 31.6 Å². The van der Waals surface area contributed by atoms with Gasteiger partial charge in [-0.25, -0.2) is 0 Å². The lowest BCUT2D eigenvalue weighted by atomic mass is 9.74. The molecule has 1 saturated heterocycles. The number of nitrogens with zero attached hydrogens (tertiary/aromatic N) is 1. The van der Waals surface area contributed by atoms with E-state index in [0.717, 1.165) is 17.7 Å². The molecular weight excluding hydrogens is 445 g/mol. The standard InChI is InChI=1S/C23H24ClF3N2O3/c24-16-2-4-17(5-3-16)28-21(31)19(7-12-30)29-10-8-22(9-11-29)14-32-20-13-15(23(25,26)27)1-6-18(20)22/h1-6,13,19,30H,7-12,14H2,(H,28,31). The molecule has 172 valence electrons. The van der Waals surface area contributed by atoms with Gasteiger partial charge in [0.05, 0.1) is 18.2 Å². The molecule has 0 radical (unpaired) electrons. The number of aliphatic hydroxyl groups excluding tert-OH is 1. The number of anilines is 1. The van der Waals surface area contributed by atoms with Crippen molar-refractivity contribution in [2.45, 2.75) is 36.9 Å². The molecule has 2 aliphatic rings. The van der Waals surface area contributed by atoms with Crippen LogP contribution in [0.1, 0.15) is 30.4 Å². The molecule has 2 N–H and O–H groups in total. The van der Waals surface area contributed by atoms with Gasteiger partial charge in [-0.05, 0) is 68.8 Å². The minimum absolute atomic E-state index is 0.132. The van der Waals surface area contributed by atoms with Crippen LogP contribution in [0.2, 0.25) is 5.02 Å². The van der Waals surface area contributed by atoms with Crippen molar-refractivity contribution in [3.63, 3.8) is 0 Å². The molecular formula is C23H24ClF3N2O3. The van der Waals surface area contributed by atoms with Gasteiger partial charge in [-0.1, -0.05) is 17.7 Å². The van der Waals surface area contributed by atoms with E-state index in [2.05, 4.69) is 5.32 Å². The Kier molecular flexibility index (Phi) is 6.38. The monoisotopic (exact) mass is 468 g/mol. The third kappa shape index (κ3) is 4.58. The number of carbonyl (C=O) groups excluding carboxylic acids is 1. The number of rotatable bonds is 5. The highest BCUT2D eigenvalue weighted by molar-refractivity contribution is 6.30. The summed E-state index contributed by atoms with van der Waals surface area (Å²) in [7, 11) is 0. The van der Waals surface area contributed by atoms with Crippen LogP contribution in [0.3, 0.4) is 0 Å². The van der Waals surface area contributed by atoms with Gasteiger partial charge in [0, 0.05) is 28.3 Å². The zero-order chi connectivity index (χ0) is 22.9. The van der Waals surface area contributed by atoms with E-state index < -0.39 is 17.8 Å². The maximum atomic E-state index is 13.0. The lowest BCUT2D eigenvalue weighted by Crippen LogP contribution is -2.51. The molecule has 1 atom stereocenters. The van der Waals surface area contributed by atoms with Crippen LogP contribution in [-0.2, 0) is 16.4 Å². The maximum absolute atomic E-state index is 13.0. The summed E-state index contributed by atoms with van der Waals surface area (Å²) in [6.07, 6.45) is -2.82. The average molecular weight is 469 g/mol. The molecule has 0 aliphatic carbocycles. The van der Waals surface area contributed by atoms with Crippen LogP contribution in [0.25, 0.3) is 0 Å². The van der Waals surface area contributed by atoms with Crippen LogP contribution >= 0.6 is 11.6 Å². The Morgan fingerprint density at radius 3 is 2.50 bits per heavy atom. The summed E-state index contributed by atoms with van der Waals surface area (Å²) in [5.41, 5.74) is 0.350. The summed E-state index contributed by atoms with van der Waals surface area (Å²) in [4.78, 5) is 14.9. The molecule has 2 aromatic rings. The number of hydrogen-bond donors (Lipinski definition) is 2. The molecule has 1 amide bonds. The van der Waals surface area contributed by atoms with Crippen molar-refractivity contribution in [3.8, 4) is 5.75 Å². The number of aliphatic hydroxyl groups is 1. The minimum Gasteiger partial charge on any atom is -0.492 e. The van der Waals surface area contributed by atoms with Gasteiger partial charge < -0.3 is 15.2 Å². The Hall–Kier alpha value is -2.29. The topological polar surface area (TPSA) is 61.8 Å². The maximum Gasteiger partial charge on any atom is 0.416 e. The molecule has 9 heteroatoms. The number of carbonyl (C=O) groups is 1. The first-order chi connectivity index (χ1) is 15.2. The van der Waals surface area contributed by atoms with Gasteiger partial charge in [-0.2, -0.15) is 13.2 Å². The molecule has 1 unspecified atom stereocenters. The van der Waals surface area contributed by atoms with E-state index in [-0.39, 0.29) is 24.3 Å². The van der Waals surface area contributed by atoms with Crippen molar-refractivity contribution in [2.24, 2.45) is 0 Å². The lowest BCUT2D eigenvalue weighted by molar-refractivity contribution is -0.137. The summed E-state index contributed by atoms with van der Waals surface area (Å²) >= 11 is 5.89. The largest absolute Gasteiger partial charge is 0.492 e. The van der Waals surface area contributed by atoms with Crippen LogP contribution in [0, 0.1) is 0 Å². The molecule has 0 bridgehead atoms. The molecule has 5 nitrogen and oxygen atoms in total. The first-order valence-corrected chi connectivity index (χ1v) is 10.9. The van der Waals surface area contributed by atoms with E-state index in [1.54, 1.807) is 24.3 Å². The predicted octanol–water partition coefficient (Wildman–Crippen LogP) is 4.47. The predicted molar refractivity (Wildman–Crippen MR) is 115 cm³/mol. The fourth-order valence-corrected chi connectivity index (χ4v) is 4.71. The molecule has 2 aliphatic heterocycles. The number of hydrogen-bond acceptors (Lipinski definition) is 4. The molecule has 1 spiro atoms. The average Bonchev–Trinajstić information content (AvgIpc) is 3.11. The second-order valence-corrected chi connectivity index (χ2v) is 8.77. The number of piperidine rings is 1. The molecule has 1 fully saturated rings. The highest BCUT2D eigenvalue weighted by Gasteiger charge is 2.45. The van der Waals surface area contributed by atoms with Gasteiger partial charge >= 0.3 is 6.18 Å². The molecule has 0 saturated carbocycles. The van der Waals surface area contributed by atoms with Crippen molar-refractivity contribution >= 4 is 23.2 Å². The van der Waals surface area contributed by atoms with Gasteiger partial charge in [0.1, 0.15) is 5.75 Å². The van der Waals surface area contributed by atoms with E-state index >= 15 is 0 Å². The van der Waals surface area contributed by atoms with Gasteiger partial charge in [0.2, 0.25) is 5.91 Å². The summed E-state index contributed by atoms with van der Waals surface area (Å²) in [6.45, 7) is 1.34. The van der Waals surface area contributed by atoms with Gasteiger partial charge in [0.25, 0.3) is 0 Å². The Bertz CT molecular complexity index is 973. The number of amides is 1. The zero-order valence-corrected chi connectivity index (χ0v) is 18.0. The van der Waals surface area contributed by atoms with Crippen LogP contribution in [-0.4, -0.2) is 48.3 Å². The fourth-order valence-electron chi connectivity index (χ4n) is 4.59. The third-order valence-corrected chi connectivity index (χ3v) is 6.65. The number of nitrogens with one attached hydrogen (secondary N) is 1. The zero-order valence-electron chi connectivity index (χ0n) is 17.3. The number of likely N-dealkylation sites (tertiary alicyclic amines) is 1. The van der Waals surface area contributed by atoms with Crippen LogP contribution in [0.15, 0.2) is 42.5 Å². The van der Waals surface area contributed by atoms with Crippen LogP contribution in [0.4, 0.5) is 18.9 Å². The Labute approximate surface area is 189 Å². The van der Waals surface area contributed by atoms with E-state index in [4.69, 9.17) is 16.3 Å². The lowest BCUT2D eigenvalue weighted by Gasteiger charge is -2.41. The minimum atomic E-state index is -4.41. The van der Waals surface area contributed by atoms with Crippen LogP contribution < -0.4 is 10.1 Å². The van der Waals surface area contributed by atoms with E-state index in [1.165, 1.54) is 6.07 Å². The third-order valence-electron chi connectivity index (χ3n) is 6.40. The second-order valence-electron chi connectivity index (χ2n) is 8.34. The first-order valence-electron chi connectivity index (χ1n) is 10.5. The molecule has 0 aromatic heterocycles. The second kappa shape index (κ2) is 8.92. The summed E-state index contributed by atoms with van der Waals surface area (Å²) in [6, 6.07) is 9.99. The number of alkyl halides is 3. The Balaban J connectivity index is 1.45. The SMILES string of the molecule is O=C(Nc1ccc(Cl)cc1)C(CCO)N1CCC2(CC1)COc1cc(C(F)(F)F)ccc12. The van der Waals surface area contributed by atoms with E-state index in [9.17, 15) is 23.1 Å².